The molecule has 2 N–H and O–H groups in total. The summed E-state index contributed by atoms with van der Waals surface area (Å²) < 4.78 is 10.7. The van der Waals surface area contributed by atoms with Crippen LogP contribution in [0, 0.1) is 0 Å². The highest BCUT2D eigenvalue weighted by atomic mass is 16.5. The molecule has 0 fully saturated rings. The van der Waals surface area contributed by atoms with Gasteiger partial charge in [-0.1, -0.05) is 12.1 Å². The van der Waals surface area contributed by atoms with Crippen molar-refractivity contribution in [3.8, 4) is 22.8 Å². The Morgan fingerprint density at radius 1 is 1.28 bits per heavy atom. The van der Waals surface area contributed by atoms with E-state index in [1.807, 2.05) is 37.3 Å². The summed E-state index contributed by atoms with van der Waals surface area (Å²) in [6, 6.07) is 9.61. The Morgan fingerprint density at radius 3 is 2.83 bits per heavy atom. The van der Waals surface area contributed by atoms with E-state index in [1.54, 1.807) is 13.3 Å². The number of aromatic nitrogens is 1. The molecule has 0 atom stereocenters. The van der Waals surface area contributed by atoms with E-state index in [-0.39, 0.29) is 0 Å². The fourth-order valence-corrected chi connectivity index (χ4v) is 1.76. The SMILES string of the molecule is CCOc1cccc(-c2cc(N)cnc2OC)c1. The minimum Gasteiger partial charge on any atom is -0.494 e. The van der Waals surface area contributed by atoms with Gasteiger partial charge in [0, 0.05) is 5.56 Å². The van der Waals surface area contributed by atoms with Crippen molar-refractivity contribution in [2.45, 2.75) is 6.92 Å². The lowest BCUT2D eigenvalue weighted by Crippen LogP contribution is -1.95. The van der Waals surface area contributed by atoms with Crippen LogP contribution >= 0.6 is 0 Å². The summed E-state index contributed by atoms with van der Waals surface area (Å²) in [5.41, 5.74) is 8.20. The van der Waals surface area contributed by atoms with E-state index in [0.717, 1.165) is 16.9 Å². The van der Waals surface area contributed by atoms with Crippen molar-refractivity contribution in [2.24, 2.45) is 0 Å². The first-order valence-corrected chi connectivity index (χ1v) is 5.77. The third kappa shape index (κ3) is 2.53. The molecule has 2 aromatic rings. The number of nitrogens with two attached hydrogens (primary N) is 1. The zero-order chi connectivity index (χ0) is 13.0. The van der Waals surface area contributed by atoms with E-state index in [9.17, 15) is 0 Å². The zero-order valence-corrected chi connectivity index (χ0v) is 10.5. The van der Waals surface area contributed by atoms with Gasteiger partial charge in [-0.3, -0.25) is 0 Å². The Hall–Kier alpha value is -2.23. The van der Waals surface area contributed by atoms with Crippen LogP contribution in [0.2, 0.25) is 0 Å². The monoisotopic (exact) mass is 244 g/mol. The number of pyridine rings is 1. The van der Waals surface area contributed by atoms with E-state index in [2.05, 4.69) is 4.98 Å². The first kappa shape index (κ1) is 12.2. The third-order valence-electron chi connectivity index (χ3n) is 2.52. The minimum atomic E-state index is 0.554. The van der Waals surface area contributed by atoms with Crippen molar-refractivity contribution >= 4 is 5.69 Å². The molecule has 18 heavy (non-hydrogen) atoms. The van der Waals surface area contributed by atoms with Crippen molar-refractivity contribution in [3.05, 3.63) is 36.5 Å². The topological polar surface area (TPSA) is 57.4 Å². The van der Waals surface area contributed by atoms with Crippen LogP contribution in [0.25, 0.3) is 11.1 Å². The lowest BCUT2D eigenvalue weighted by Gasteiger charge is -2.10. The number of hydrogen-bond donors (Lipinski definition) is 1. The fourth-order valence-electron chi connectivity index (χ4n) is 1.76. The van der Waals surface area contributed by atoms with E-state index in [1.165, 1.54) is 0 Å². The van der Waals surface area contributed by atoms with Crippen molar-refractivity contribution < 1.29 is 9.47 Å². The van der Waals surface area contributed by atoms with Crippen LogP contribution in [-0.2, 0) is 0 Å². The number of ether oxygens (including phenoxy) is 2. The van der Waals surface area contributed by atoms with Gasteiger partial charge in [-0.05, 0) is 30.7 Å². The van der Waals surface area contributed by atoms with Crippen molar-refractivity contribution in [1.29, 1.82) is 0 Å². The number of benzene rings is 1. The normalized spacial score (nSPS) is 10.1. The first-order valence-electron chi connectivity index (χ1n) is 5.77. The number of methoxy groups -OCH3 is 1. The van der Waals surface area contributed by atoms with Gasteiger partial charge in [0.25, 0.3) is 0 Å². The second-order valence-electron chi connectivity index (χ2n) is 3.79. The molecule has 0 amide bonds. The molecule has 0 spiro atoms. The summed E-state index contributed by atoms with van der Waals surface area (Å²) in [7, 11) is 1.59. The van der Waals surface area contributed by atoms with Gasteiger partial charge < -0.3 is 15.2 Å². The molecule has 1 aromatic heterocycles. The van der Waals surface area contributed by atoms with E-state index in [0.29, 0.717) is 18.2 Å². The van der Waals surface area contributed by atoms with E-state index >= 15 is 0 Å². The Bertz CT molecular complexity index is 541. The lowest BCUT2D eigenvalue weighted by molar-refractivity contribution is 0.340. The zero-order valence-electron chi connectivity index (χ0n) is 10.5. The number of rotatable bonds is 4. The molecule has 1 heterocycles. The maximum Gasteiger partial charge on any atom is 0.221 e. The van der Waals surface area contributed by atoms with Crippen molar-refractivity contribution in [3.63, 3.8) is 0 Å². The quantitative estimate of drug-likeness (QED) is 0.898. The standard InChI is InChI=1S/C14H16N2O2/c1-3-18-12-6-4-5-10(7-12)13-8-11(15)9-16-14(13)17-2/h4-9H,3,15H2,1-2H3. The molecule has 0 unspecified atom stereocenters. The van der Waals surface area contributed by atoms with Gasteiger partial charge in [0.2, 0.25) is 5.88 Å². The number of hydrogen-bond acceptors (Lipinski definition) is 4. The van der Waals surface area contributed by atoms with Gasteiger partial charge in [0.05, 0.1) is 25.6 Å². The summed E-state index contributed by atoms with van der Waals surface area (Å²) in [4.78, 5) is 4.16. The van der Waals surface area contributed by atoms with E-state index < -0.39 is 0 Å². The van der Waals surface area contributed by atoms with Gasteiger partial charge in [-0.25, -0.2) is 4.98 Å². The van der Waals surface area contributed by atoms with Crippen LogP contribution in [-0.4, -0.2) is 18.7 Å². The van der Waals surface area contributed by atoms with Crippen LogP contribution in [0.5, 0.6) is 11.6 Å². The molecule has 94 valence electrons. The molecule has 2 rings (SSSR count). The fraction of sp³-hybridized carbons (Fsp3) is 0.214. The predicted octanol–water partition coefficient (Wildman–Crippen LogP) is 2.74. The summed E-state index contributed by atoms with van der Waals surface area (Å²) in [6.07, 6.45) is 1.58. The maximum atomic E-state index is 5.77. The summed E-state index contributed by atoms with van der Waals surface area (Å²) in [5, 5.41) is 0. The highest BCUT2D eigenvalue weighted by molar-refractivity contribution is 5.72. The second-order valence-corrected chi connectivity index (χ2v) is 3.79. The number of anilines is 1. The lowest BCUT2D eigenvalue weighted by atomic mass is 10.1. The molecule has 4 heteroatoms. The Kier molecular flexibility index (Phi) is 3.67. The van der Waals surface area contributed by atoms with Crippen LogP contribution in [0.15, 0.2) is 36.5 Å². The summed E-state index contributed by atoms with van der Waals surface area (Å²) in [5.74, 6) is 1.37. The van der Waals surface area contributed by atoms with Gasteiger partial charge in [0.1, 0.15) is 5.75 Å². The molecule has 4 nitrogen and oxygen atoms in total. The Morgan fingerprint density at radius 2 is 2.11 bits per heavy atom. The highest BCUT2D eigenvalue weighted by Crippen LogP contribution is 2.31. The summed E-state index contributed by atoms with van der Waals surface area (Å²) in [6.45, 7) is 2.59. The Balaban J connectivity index is 2.47. The Labute approximate surface area is 106 Å². The first-order chi connectivity index (χ1) is 8.74. The molecule has 1 aromatic carbocycles. The molecule has 0 bridgehead atoms. The summed E-state index contributed by atoms with van der Waals surface area (Å²) >= 11 is 0. The highest BCUT2D eigenvalue weighted by Gasteiger charge is 2.08. The van der Waals surface area contributed by atoms with Gasteiger partial charge in [-0.15, -0.1) is 0 Å². The second kappa shape index (κ2) is 5.40. The van der Waals surface area contributed by atoms with Gasteiger partial charge in [-0.2, -0.15) is 0 Å². The molecule has 0 aliphatic rings. The average molecular weight is 244 g/mol. The molecular weight excluding hydrogens is 228 g/mol. The molecule has 0 radical (unpaired) electrons. The van der Waals surface area contributed by atoms with Gasteiger partial charge in [0.15, 0.2) is 0 Å². The van der Waals surface area contributed by atoms with Crippen molar-refractivity contribution in [1.82, 2.24) is 4.98 Å². The molecule has 0 aliphatic carbocycles. The van der Waals surface area contributed by atoms with E-state index in [4.69, 9.17) is 15.2 Å². The maximum absolute atomic E-state index is 5.77. The molecule has 0 saturated carbocycles. The molecular formula is C14H16N2O2. The van der Waals surface area contributed by atoms with Crippen LogP contribution in [0.1, 0.15) is 6.92 Å². The van der Waals surface area contributed by atoms with Gasteiger partial charge >= 0.3 is 0 Å². The largest absolute Gasteiger partial charge is 0.494 e. The number of nitrogen functional groups attached to an aromatic ring is 1. The van der Waals surface area contributed by atoms with Crippen molar-refractivity contribution in [2.75, 3.05) is 19.5 Å². The third-order valence-corrected chi connectivity index (χ3v) is 2.52. The van der Waals surface area contributed by atoms with Crippen LogP contribution in [0.3, 0.4) is 0 Å². The smallest absolute Gasteiger partial charge is 0.221 e. The van der Waals surface area contributed by atoms with Crippen LogP contribution < -0.4 is 15.2 Å². The molecule has 0 saturated heterocycles. The average Bonchev–Trinajstić information content (AvgIpc) is 2.39. The minimum absolute atomic E-state index is 0.554. The van der Waals surface area contributed by atoms with Crippen LogP contribution in [0.4, 0.5) is 5.69 Å². The predicted molar refractivity (Wildman–Crippen MR) is 71.8 cm³/mol. The molecule has 0 aliphatic heterocycles. The number of nitrogens with zero attached hydrogens (tertiary/aromatic N) is 1.